The number of fused-ring (bicyclic) bond motifs is 2. The molecule has 4 rings (SSSR count). The largest absolute Gasteiger partial charge is 0.436 e. The van der Waals surface area contributed by atoms with Crippen LogP contribution in [0.1, 0.15) is 56.9 Å². The van der Waals surface area contributed by atoms with E-state index in [0.717, 1.165) is 18.2 Å². The molecule has 1 aromatic carbocycles. The number of hydrogen-bond acceptors (Lipinski definition) is 7. The van der Waals surface area contributed by atoms with E-state index in [1.54, 1.807) is 30.3 Å². The molecule has 2 fully saturated rings. The van der Waals surface area contributed by atoms with Gasteiger partial charge in [-0.2, -0.15) is 0 Å². The first-order chi connectivity index (χ1) is 18.6. The van der Waals surface area contributed by atoms with Crippen LogP contribution in [0.25, 0.3) is 6.08 Å². The third-order valence-corrected chi connectivity index (χ3v) is 8.28. The summed E-state index contributed by atoms with van der Waals surface area (Å²) in [6.07, 6.45) is 7.31. The van der Waals surface area contributed by atoms with Crippen molar-refractivity contribution >= 4 is 39.9 Å². The van der Waals surface area contributed by atoms with Gasteiger partial charge in [-0.05, 0) is 56.6 Å². The maximum atomic E-state index is 13.4. The van der Waals surface area contributed by atoms with Crippen LogP contribution < -0.4 is 15.8 Å². The Morgan fingerprint density at radius 2 is 1.87 bits per heavy atom. The van der Waals surface area contributed by atoms with Gasteiger partial charge in [-0.1, -0.05) is 48.9 Å². The smallest absolute Gasteiger partial charge is 0.405 e. The fraction of sp³-hybridized carbons (Fsp3) is 0.481. The molecule has 1 aromatic rings. The molecule has 210 valence electrons. The number of allylic oxidation sites excluding steroid dienone is 1. The van der Waals surface area contributed by atoms with E-state index in [0.29, 0.717) is 37.7 Å². The van der Waals surface area contributed by atoms with E-state index in [2.05, 4.69) is 10.0 Å². The lowest BCUT2D eigenvalue weighted by atomic mass is 10.1. The van der Waals surface area contributed by atoms with Crippen molar-refractivity contribution in [2.45, 2.75) is 69.1 Å². The molecule has 39 heavy (non-hydrogen) atoms. The second-order valence-electron chi connectivity index (χ2n) is 10.1. The Balaban J connectivity index is 1.55. The summed E-state index contributed by atoms with van der Waals surface area (Å²) in [5, 5.41) is 3.68. The minimum Gasteiger partial charge on any atom is -0.436 e. The first-order valence-corrected chi connectivity index (χ1v) is 14.7. The minimum absolute atomic E-state index is 0.229. The van der Waals surface area contributed by atoms with Gasteiger partial charge in [0.25, 0.3) is 21.8 Å². The summed E-state index contributed by atoms with van der Waals surface area (Å²) in [5.74, 6) is -2.29. The summed E-state index contributed by atoms with van der Waals surface area (Å²) in [7, 11) is -4.15. The molecule has 12 heteroatoms. The number of primary amides is 1. The quantitative estimate of drug-likeness (QED) is 0.465. The monoisotopic (exact) mass is 558 g/mol. The van der Waals surface area contributed by atoms with Crippen molar-refractivity contribution in [1.82, 2.24) is 14.9 Å². The van der Waals surface area contributed by atoms with Crippen LogP contribution in [0.3, 0.4) is 0 Å². The molecule has 4 amide bonds. The van der Waals surface area contributed by atoms with E-state index in [4.69, 9.17) is 10.5 Å². The fourth-order valence-corrected chi connectivity index (χ4v) is 6.01. The van der Waals surface area contributed by atoms with Gasteiger partial charge in [0.1, 0.15) is 11.6 Å². The Bertz CT molecular complexity index is 1260. The Morgan fingerprint density at radius 1 is 1.10 bits per heavy atom. The van der Waals surface area contributed by atoms with Crippen LogP contribution in [0.4, 0.5) is 4.79 Å². The van der Waals surface area contributed by atoms with Gasteiger partial charge in [-0.15, -0.1) is 0 Å². The zero-order chi connectivity index (χ0) is 28.0. The van der Waals surface area contributed by atoms with Gasteiger partial charge >= 0.3 is 6.09 Å². The first kappa shape index (κ1) is 28.3. The van der Waals surface area contributed by atoms with Crippen LogP contribution >= 0.6 is 0 Å². The second-order valence-corrected chi connectivity index (χ2v) is 11.7. The molecule has 0 bridgehead atoms. The van der Waals surface area contributed by atoms with E-state index in [1.165, 1.54) is 11.0 Å². The van der Waals surface area contributed by atoms with Gasteiger partial charge in [0.2, 0.25) is 5.91 Å². The van der Waals surface area contributed by atoms with Crippen molar-refractivity contribution < 1.29 is 32.3 Å². The lowest BCUT2D eigenvalue weighted by Crippen LogP contribution is -2.57. The van der Waals surface area contributed by atoms with Crippen LogP contribution in [-0.4, -0.2) is 61.4 Å². The first-order valence-electron chi connectivity index (χ1n) is 13.2. The lowest BCUT2D eigenvalue weighted by molar-refractivity contribution is -0.146. The summed E-state index contributed by atoms with van der Waals surface area (Å²) in [6.45, 7) is 0.288. The van der Waals surface area contributed by atoms with Crippen molar-refractivity contribution in [2.24, 2.45) is 11.7 Å². The molecule has 0 spiro atoms. The standard InChI is InChI=1S/C27H34N4O7S/c28-26(35)38-22-14-8-3-1-2-7-12-20-18-27(20,29-23(32)21-13-9-16-31(21)24(22)33)25(34)30-39(36,37)17-15-19-10-5-4-6-11-19/h4-7,10-12,15,17,20-22H,1-3,8-9,13-14,16,18H2,(H2,28,35)(H,29,32)(H,30,34). The number of sulfonamides is 1. The second kappa shape index (κ2) is 12.0. The number of rotatable bonds is 5. The Morgan fingerprint density at radius 3 is 2.62 bits per heavy atom. The Labute approximate surface area is 227 Å². The predicted molar refractivity (Wildman–Crippen MR) is 143 cm³/mol. The third kappa shape index (κ3) is 7.05. The molecular weight excluding hydrogens is 524 g/mol. The highest BCUT2D eigenvalue weighted by molar-refractivity contribution is 7.93. The zero-order valence-corrected chi connectivity index (χ0v) is 22.4. The lowest BCUT2D eigenvalue weighted by Gasteiger charge is -2.29. The molecule has 2 heterocycles. The van der Waals surface area contributed by atoms with Crippen LogP contribution in [0.5, 0.6) is 0 Å². The van der Waals surface area contributed by atoms with Gasteiger partial charge < -0.3 is 20.7 Å². The van der Waals surface area contributed by atoms with Gasteiger partial charge in [-0.3, -0.25) is 14.4 Å². The third-order valence-electron chi connectivity index (χ3n) is 7.32. The predicted octanol–water partition coefficient (Wildman–Crippen LogP) is 1.95. The summed E-state index contributed by atoms with van der Waals surface area (Å²) in [4.78, 5) is 52.8. The SMILES string of the molecule is NC(=O)OC1CCCCCC=CC2CC2(C(=O)NS(=O)(=O)C=Cc2ccccc2)NC(=O)C2CCCN2C1=O. The van der Waals surface area contributed by atoms with Crippen molar-refractivity contribution in [2.75, 3.05) is 6.54 Å². The molecule has 1 aliphatic carbocycles. The molecular formula is C27H34N4O7S. The van der Waals surface area contributed by atoms with Crippen LogP contribution in [0, 0.1) is 5.92 Å². The summed E-state index contributed by atoms with van der Waals surface area (Å²) in [5.41, 5.74) is 4.38. The van der Waals surface area contributed by atoms with Crippen molar-refractivity contribution in [3.05, 3.63) is 53.5 Å². The summed E-state index contributed by atoms with van der Waals surface area (Å²) in [6, 6.07) is 7.89. The number of amides is 4. The highest BCUT2D eigenvalue weighted by Gasteiger charge is 2.61. The molecule has 4 atom stereocenters. The van der Waals surface area contributed by atoms with E-state index in [1.807, 2.05) is 12.2 Å². The molecule has 1 saturated carbocycles. The van der Waals surface area contributed by atoms with Crippen molar-refractivity contribution in [1.29, 1.82) is 0 Å². The molecule has 2 aliphatic heterocycles. The number of nitrogens with zero attached hydrogens (tertiary/aromatic N) is 1. The van der Waals surface area contributed by atoms with Crippen molar-refractivity contribution in [3.63, 3.8) is 0 Å². The van der Waals surface area contributed by atoms with Crippen LogP contribution in [0.2, 0.25) is 0 Å². The molecule has 4 unspecified atom stereocenters. The van der Waals surface area contributed by atoms with Gasteiger partial charge in [-0.25, -0.2) is 17.9 Å². The normalized spacial score (nSPS) is 28.0. The number of benzene rings is 1. The topological polar surface area (TPSA) is 165 Å². The number of ether oxygens (including phenoxy) is 1. The molecule has 11 nitrogen and oxygen atoms in total. The van der Waals surface area contributed by atoms with E-state index in [-0.39, 0.29) is 13.0 Å². The number of carbonyl (C=O) groups excluding carboxylic acids is 4. The maximum absolute atomic E-state index is 13.4. The Hall–Kier alpha value is -3.67. The summed E-state index contributed by atoms with van der Waals surface area (Å²) >= 11 is 0. The molecule has 0 radical (unpaired) electrons. The number of hydrogen-bond donors (Lipinski definition) is 3. The van der Waals surface area contributed by atoms with Crippen molar-refractivity contribution in [3.8, 4) is 0 Å². The van der Waals surface area contributed by atoms with Gasteiger partial charge in [0, 0.05) is 12.5 Å². The maximum Gasteiger partial charge on any atom is 0.405 e. The molecule has 4 N–H and O–H groups in total. The number of nitrogens with one attached hydrogen (secondary N) is 2. The van der Waals surface area contributed by atoms with Gasteiger partial charge in [0.15, 0.2) is 6.10 Å². The zero-order valence-electron chi connectivity index (χ0n) is 21.6. The molecule has 3 aliphatic rings. The average molecular weight is 559 g/mol. The highest BCUT2D eigenvalue weighted by atomic mass is 32.2. The van der Waals surface area contributed by atoms with E-state index >= 15 is 0 Å². The number of carbonyl (C=O) groups is 4. The molecule has 1 saturated heterocycles. The van der Waals surface area contributed by atoms with E-state index < -0.39 is 57.4 Å². The summed E-state index contributed by atoms with van der Waals surface area (Å²) < 4.78 is 32.6. The Kier molecular flexibility index (Phi) is 8.73. The minimum atomic E-state index is -4.15. The fourth-order valence-electron chi connectivity index (χ4n) is 5.16. The van der Waals surface area contributed by atoms with Gasteiger partial charge in [0.05, 0.1) is 5.41 Å². The highest BCUT2D eigenvalue weighted by Crippen LogP contribution is 2.45. The number of nitrogens with two attached hydrogens (primary N) is 1. The van der Waals surface area contributed by atoms with Crippen LogP contribution in [0.15, 0.2) is 47.9 Å². The average Bonchev–Trinajstić information content (AvgIpc) is 3.36. The van der Waals surface area contributed by atoms with Crippen LogP contribution in [-0.2, 0) is 29.1 Å². The molecule has 0 aromatic heterocycles. The van der Waals surface area contributed by atoms with E-state index in [9.17, 15) is 27.6 Å².